The van der Waals surface area contributed by atoms with Crippen molar-refractivity contribution in [3.05, 3.63) is 0 Å². The normalized spacial score (nSPS) is 22.3. The fraction of sp³-hybridized carbons (Fsp3) is 0.833. The molecule has 2 aliphatic rings. The van der Waals surface area contributed by atoms with Gasteiger partial charge in [-0.3, -0.25) is 14.5 Å². The van der Waals surface area contributed by atoms with Crippen LogP contribution < -0.4 is 5.32 Å². The van der Waals surface area contributed by atoms with Crippen LogP contribution in [0.1, 0.15) is 12.8 Å². The molecule has 0 bridgehead atoms. The van der Waals surface area contributed by atoms with E-state index in [9.17, 15) is 9.59 Å². The highest BCUT2D eigenvalue weighted by Crippen LogP contribution is 2.12. The van der Waals surface area contributed by atoms with Gasteiger partial charge in [-0.25, -0.2) is 0 Å². The highest BCUT2D eigenvalue weighted by Gasteiger charge is 2.25. The third kappa shape index (κ3) is 3.68. The number of carboxylic acid groups (broad SMARTS) is 1. The summed E-state index contributed by atoms with van der Waals surface area (Å²) in [5, 5.41) is 11.9. The molecule has 0 saturated carbocycles. The second kappa shape index (κ2) is 6.15. The lowest BCUT2D eigenvalue weighted by atomic mass is 9.98. The molecule has 6 heteroatoms. The molecule has 2 saturated heterocycles. The summed E-state index contributed by atoms with van der Waals surface area (Å²) in [5.41, 5.74) is 0. The zero-order valence-corrected chi connectivity index (χ0v) is 10.6. The molecule has 0 aromatic rings. The molecular weight excluding hydrogens is 234 g/mol. The van der Waals surface area contributed by atoms with Crippen LogP contribution >= 0.6 is 0 Å². The molecule has 102 valence electrons. The van der Waals surface area contributed by atoms with E-state index in [1.165, 1.54) is 0 Å². The number of amides is 1. The zero-order valence-electron chi connectivity index (χ0n) is 10.6. The number of carbonyl (C=O) groups excluding carboxylic acids is 1. The van der Waals surface area contributed by atoms with Crippen LogP contribution in [-0.4, -0.2) is 72.6 Å². The number of carbonyl (C=O) groups is 2. The smallest absolute Gasteiger partial charge is 0.317 e. The van der Waals surface area contributed by atoms with Crippen molar-refractivity contribution >= 4 is 11.9 Å². The van der Waals surface area contributed by atoms with Crippen LogP contribution in [0.25, 0.3) is 0 Å². The first-order valence-electron chi connectivity index (χ1n) is 6.58. The molecule has 0 atom stereocenters. The van der Waals surface area contributed by atoms with Crippen molar-refractivity contribution in [1.82, 2.24) is 15.1 Å². The number of rotatable bonds is 4. The molecule has 1 amide bonds. The fourth-order valence-electron chi connectivity index (χ4n) is 2.44. The van der Waals surface area contributed by atoms with E-state index in [0.717, 1.165) is 32.6 Å². The monoisotopic (exact) mass is 255 g/mol. The molecule has 0 aromatic carbocycles. The average molecular weight is 255 g/mol. The summed E-state index contributed by atoms with van der Waals surface area (Å²) in [6.45, 7) is 4.83. The summed E-state index contributed by atoms with van der Waals surface area (Å²) in [5.74, 6) is -0.0788. The summed E-state index contributed by atoms with van der Waals surface area (Å²) in [6, 6.07) is 0. The van der Waals surface area contributed by atoms with Crippen molar-refractivity contribution < 1.29 is 14.7 Å². The quantitative estimate of drug-likeness (QED) is 0.689. The van der Waals surface area contributed by atoms with Crippen LogP contribution in [0.2, 0.25) is 0 Å². The molecule has 2 fully saturated rings. The Bertz CT molecular complexity index is 318. The van der Waals surface area contributed by atoms with Gasteiger partial charge in [-0.1, -0.05) is 0 Å². The van der Waals surface area contributed by atoms with Gasteiger partial charge in [-0.15, -0.1) is 0 Å². The summed E-state index contributed by atoms with van der Waals surface area (Å²) in [7, 11) is 0. The molecular formula is C12H21N3O3. The third-order valence-corrected chi connectivity index (χ3v) is 3.63. The minimum atomic E-state index is -0.796. The standard InChI is InChI=1S/C12H21N3O3/c16-11(6-10-7-13-8-10)15-3-1-2-14(4-5-15)9-12(17)18/h10,13H,1-9H2,(H,17,18). The fourth-order valence-corrected chi connectivity index (χ4v) is 2.44. The first-order chi connectivity index (χ1) is 8.65. The molecule has 2 rings (SSSR count). The Hall–Kier alpha value is -1.14. The van der Waals surface area contributed by atoms with E-state index in [0.29, 0.717) is 25.4 Å². The van der Waals surface area contributed by atoms with E-state index in [1.807, 2.05) is 9.80 Å². The largest absolute Gasteiger partial charge is 0.480 e. The molecule has 0 unspecified atom stereocenters. The Morgan fingerprint density at radius 1 is 1.17 bits per heavy atom. The number of nitrogens with zero attached hydrogens (tertiary/aromatic N) is 2. The van der Waals surface area contributed by atoms with Gasteiger partial charge in [0.25, 0.3) is 0 Å². The lowest BCUT2D eigenvalue weighted by Gasteiger charge is -2.29. The van der Waals surface area contributed by atoms with Crippen molar-refractivity contribution in [2.45, 2.75) is 12.8 Å². The van der Waals surface area contributed by atoms with Gasteiger partial charge in [-0.05, 0) is 25.4 Å². The summed E-state index contributed by atoms with van der Waals surface area (Å²) in [6.07, 6.45) is 1.49. The first kappa shape index (κ1) is 13.3. The Labute approximate surface area is 107 Å². The Morgan fingerprint density at radius 3 is 2.56 bits per heavy atom. The zero-order chi connectivity index (χ0) is 13.0. The number of aliphatic carboxylic acids is 1. The molecule has 0 spiro atoms. The van der Waals surface area contributed by atoms with E-state index >= 15 is 0 Å². The van der Waals surface area contributed by atoms with Crippen molar-refractivity contribution in [3.63, 3.8) is 0 Å². The lowest BCUT2D eigenvalue weighted by Crippen LogP contribution is -2.45. The number of carboxylic acids is 1. The van der Waals surface area contributed by atoms with Gasteiger partial charge in [0.15, 0.2) is 0 Å². The highest BCUT2D eigenvalue weighted by molar-refractivity contribution is 5.76. The molecule has 0 aliphatic carbocycles. The molecule has 2 N–H and O–H groups in total. The summed E-state index contributed by atoms with van der Waals surface area (Å²) < 4.78 is 0. The van der Waals surface area contributed by atoms with E-state index in [4.69, 9.17) is 5.11 Å². The van der Waals surface area contributed by atoms with E-state index in [-0.39, 0.29) is 12.5 Å². The Morgan fingerprint density at radius 2 is 1.94 bits per heavy atom. The van der Waals surface area contributed by atoms with Gasteiger partial charge >= 0.3 is 5.97 Å². The Balaban J connectivity index is 1.76. The van der Waals surface area contributed by atoms with Crippen LogP contribution in [0.3, 0.4) is 0 Å². The molecule has 6 nitrogen and oxygen atoms in total. The minimum Gasteiger partial charge on any atom is -0.480 e. The predicted octanol–water partition coefficient (Wildman–Crippen LogP) is -0.785. The van der Waals surface area contributed by atoms with E-state index < -0.39 is 5.97 Å². The molecule has 18 heavy (non-hydrogen) atoms. The first-order valence-corrected chi connectivity index (χ1v) is 6.58. The van der Waals surface area contributed by atoms with Gasteiger partial charge in [0.05, 0.1) is 6.54 Å². The van der Waals surface area contributed by atoms with Crippen molar-refractivity contribution in [3.8, 4) is 0 Å². The van der Waals surface area contributed by atoms with Crippen molar-refractivity contribution in [1.29, 1.82) is 0 Å². The molecule has 2 heterocycles. The van der Waals surface area contributed by atoms with Gasteiger partial charge in [0, 0.05) is 32.6 Å². The number of hydrogen-bond acceptors (Lipinski definition) is 4. The average Bonchev–Trinajstić information content (AvgIpc) is 2.48. The second-order valence-corrected chi connectivity index (χ2v) is 5.13. The van der Waals surface area contributed by atoms with Gasteiger partial charge in [0.1, 0.15) is 0 Å². The maximum Gasteiger partial charge on any atom is 0.317 e. The molecule has 2 aliphatic heterocycles. The van der Waals surface area contributed by atoms with Crippen LogP contribution in [0.15, 0.2) is 0 Å². The van der Waals surface area contributed by atoms with Crippen molar-refractivity contribution in [2.75, 3.05) is 45.8 Å². The van der Waals surface area contributed by atoms with Crippen LogP contribution in [0, 0.1) is 5.92 Å². The van der Waals surface area contributed by atoms with Gasteiger partial charge in [-0.2, -0.15) is 0 Å². The van der Waals surface area contributed by atoms with Crippen LogP contribution in [0.4, 0.5) is 0 Å². The van der Waals surface area contributed by atoms with Crippen molar-refractivity contribution in [2.24, 2.45) is 5.92 Å². The topological polar surface area (TPSA) is 72.9 Å². The number of nitrogens with one attached hydrogen (secondary N) is 1. The van der Waals surface area contributed by atoms with Gasteiger partial charge in [0.2, 0.25) is 5.91 Å². The SMILES string of the molecule is O=C(O)CN1CCCN(C(=O)CC2CNC2)CC1. The second-order valence-electron chi connectivity index (χ2n) is 5.13. The van der Waals surface area contributed by atoms with E-state index in [1.54, 1.807) is 0 Å². The maximum atomic E-state index is 12.0. The van der Waals surface area contributed by atoms with Crippen LogP contribution in [0.5, 0.6) is 0 Å². The minimum absolute atomic E-state index is 0.0780. The van der Waals surface area contributed by atoms with Crippen LogP contribution in [-0.2, 0) is 9.59 Å². The van der Waals surface area contributed by atoms with E-state index in [2.05, 4.69) is 5.32 Å². The Kier molecular flexibility index (Phi) is 4.54. The third-order valence-electron chi connectivity index (χ3n) is 3.63. The summed E-state index contributed by atoms with van der Waals surface area (Å²) >= 11 is 0. The van der Waals surface area contributed by atoms with Gasteiger partial charge < -0.3 is 15.3 Å². The highest BCUT2D eigenvalue weighted by atomic mass is 16.4. The summed E-state index contributed by atoms with van der Waals surface area (Å²) in [4.78, 5) is 26.5. The predicted molar refractivity (Wildman–Crippen MR) is 66.2 cm³/mol. The maximum absolute atomic E-state index is 12.0. The number of hydrogen-bond donors (Lipinski definition) is 2. The molecule has 0 radical (unpaired) electrons. The molecule has 0 aromatic heterocycles. The lowest BCUT2D eigenvalue weighted by molar-refractivity contribution is -0.138.